The van der Waals surface area contributed by atoms with Crippen LogP contribution in [0.5, 0.6) is 5.75 Å². The molecule has 0 spiro atoms. The Hall–Kier alpha value is -2.05. The maximum absolute atomic E-state index is 12.2. The van der Waals surface area contributed by atoms with Gasteiger partial charge in [0.05, 0.1) is 4.92 Å². The maximum atomic E-state index is 12.2. The maximum Gasteiger partial charge on any atom is 0.344 e. The fraction of sp³-hybridized carbons (Fsp3) is 0. The van der Waals surface area contributed by atoms with Gasteiger partial charge in [-0.3, -0.25) is 10.1 Å². The van der Waals surface area contributed by atoms with Gasteiger partial charge < -0.3 is 4.74 Å². The molecule has 15 heavy (non-hydrogen) atoms. The summed E-state index contributed by atoms with van der Waals surface area (Å²) in [6, 6.07) is 2.03. The SMILES string of the molecule is O=[N+]([O-])c1ccc(OC(F)=C(F)F)cc1. The average molecular weight is 219 g/mol. The minimum Gasteiger partial charge on any atom is -0.428 e. The number of nitro benzene ring substituents is 1. The zero-order valence-electron chi connectivity index (χ0n) is 7.12. The molecule has 1 aromatic rings. The minimum absolute atomic E-state index is 0.243. The molecule has 1 aromatic carbocycles. The van der Waals surface area contributed by atoms with Crippen molar-refractivity contribution in [1.29, 1.82) is 0 Å². The Bertz CT molecular complexity index is 398. The number of benzene rings is 1. The van der Waals surface area contributed by atoms with Crippen molar-refractivity contribution in [2.45, 2.75) is 0 Å². The predicted octanol–water partition coefficient (Wildman–Crippen LogP) is 3.01. The van der Waals surface area contributed by atoms with E-state index in [1.807, 2.05) is 0 Å². The van der Waals surface area contributed by atoms with Gasteiger partial charge in [-0.2, -0.15) is 13.2 Å². The minimum atomic E-state index is -2.59. The fourth-order valence-corrected chi connectivity index (χ4v) is 0.778. The first kappa shape index (κ1) is 11.0. The van der Waals surface area contributed by atoms with Crippen LogP contribution in [0.3, 0.4) is 0 Å². The Labute approximate surface area is 81.7 Å². The van der Waals surface area contributed by atoms with Gasteiger partial charge in [-0.05, 0) is 12.1 Å². The lowest BCUT2D eigenvalue weighted by Crippen LogP contribution is -1.91. The van der Waals surface area contributed by atoms with Gasteiger partial charge in [0.15, 0.2) is 0 Å². The van der Waals surface area contributed by atoms with Gasteiger partial charge in [0.1, 0.15) is 5.75 Å². The number of ether oxygens (including phenoxy) is 1. The van der Waals surface area contributed by atoms with E-state index in [1.54, 1.807) is 0 Å². The second kappa shape index (κ2) is 4.45. The number of nitrogens with zero attached hydrogens (tertiary/aromatic N) is 1. The van der Waals surface area contributed by atoms with Gasteiger partial charge >= 0.3 is 12.1 Å². The summed E-state index contributed by atoms with van der Waals surface area (Å²) in [7, 11) is 0. The molecule has 1 rings (SSSR count). The molecular formula is C8H4F3NO3. The summed E-state index contributed by atoms with van der Waals surface area (Å²) in [5.74, 6) is -0.245. The first-order valence-electron chi connectivity index (χ1n) is 3.64. The normalized spacial score (nSPS) is 9.53. The second-order valence-corrected chi connectivity index (χ2v) is 2.39. The molecule has 0 fully saturated rings. The van der Waals surface area contributed by atoms with Gasteiger partial charge in [-0.25, -0.2) is 0 Å². The summed E-state index contributed by atoms with van der Waals surface area (Å²) in [6.45, 7) is 0. The Kier molecular flexibility index (Phi) is 3.27. The number of rotatable bonds is 3. The van der Waals surface area contributed by atoms with E-state index in [9.17, 15) is 23.3 Å². The highest BCUT2D eigenvalue weighted by Gasteiger charge is 2.09. The van der Waals surface area contributed by atoms with Crippen LogP contribution in [-0.2, 0) is 0 Å². The van der Waals surface area contributed by atoms with E-state index in [0.717, 1.165) is 24.3 Å². The molecule has 0 saturated heterocycles. The molecule has 0 atom stereocenters. The Morgan fingerprint density at radius 1 is 1.20 bits per heavy atom. The van der Waals surface area contributed by atoms with Crippen LogP contribution in [0.25, 0.3) is 0 Å². The van der Waals surface area contributed by atoms with Crippen LogP contribution in [0.15, 0.2) is 36.4 Å². The van der Waals surface area contributed by atoms with Crippen molar-refractivity contribution < 1.29 is 22.8 Å². The summed E-state index contributed by atoms with van der Waals surface area (Å²) in [6.07, 6.45) is -2.59. The van der Waals surface area contributed by atoms with Gasteiger partial charge in [0, 0.05) is 12.1 Å². The molecule has 0 N–H and O–H groups in total. The molecule has 0 radical (unpaired) electrons. The lowest BCUT2D eigenvalue weighted by molar-refractivity contribution is -0.384. The van der Waals surface area contributed by atoms with E-state index in [2.05, 4.69) is 4.74 Å². The molecule has 0 saturated carbocycles. The van der Waals surface area contributed by atoms with E-state index in [1.165, 1.54) is 0 Å². The molecule has 4 nitrogen and oxygen atoms in total. The Balaban J connectivity index is 2.82. The number of non-ortho nitro benzene ring substituents is 1. The summed E-state index contributed by atoms with van der Waals surface area (Å²) in [4.78, 5) is 9.53. The van der Waals surface area contributed by atoms with Crippen LogP contribution in [0, 0.1) is 10.1 Å². The van der Waals surface area contributed by atoms with Gasteiger partial charge in [0.25, 0.3) is 5.69 Å². The van der Waals surface area contributed by atoms with Crippen LogP contribution in [-0.4, -0.2) is 4.92 Å². The molecular weight excluding hydrogens is 215 g/mol. The van der Waals surface area contributed by atoms with Crippen molar-refractivity contribution in [2.75, 3.05) is 0 Å². The highest BCUT2D eigenvalue weighted by atomic mass is 19.3. The Morgan fingerprint density at radius 3 is 2.13 bits per heavy atom. The third-order valence-electron chi connectivity index (χ3n) is 1.40. The summed E-state index contributed by atoms with van der Waals surface area (Å²) < 4.78 is 39.5. The third kappa shape index (κ3) is 2.97. The molecule has 0 aliphatic heterocycles. The fourth-order valence-electron chi connectivity index (χ4n) is 0.778. The first-order valence-corrected chi connectivity index (χ1v) is 3.64. The number of hydrogen-bond acceptors (Lipinski definition) is 3. The smallest absolute Gasteiger partial charge is 0.344 e. The lowest BCUT2D eigenvalue weighted by atomic mass is 10.3. The van der Waals surface area contributed by atoms with E-state index in [4.69, 9.17) is 0 Å². The molecule has 0 aromatic heterocycles. The van der Waals surface area contributed by atoms with Crippen molar-refractivity contribution in [3.05, 3.63) is 46.5 Å². The Morgan fingerprint density at radius 2 is 1.73 bits per heavy atom. The van der Waals surface area contributed by atoms with Crippen LogP contribution < -0.4 is 4.74 Å². The summed E-state index contributed by atoms with van der Waals surface area (Å²) in [5.41, 5.74) is -0.243. The monoisotopic (exact) mass is 219 g/mol. The van der Waals surface area contributed by atoms with Crippen LogP contribution in [0.4, 0.5) is 18.9 Å². The van der Waals surface area contributed by atoms with Crippen molar-refractivity contribution in [3.63, 3.8) is 0 Å². The molecule has 7 heteroatoms. The number of nitro groups is 1. The molecule has 0 aliphatic carbocycles. The lowest BCUT2D eigenvalue weighted by Gasteiger charge is -2.00. The van der Waals surface area contributed by atoms with Gasteiger partial charge in [0.2, 0.25) is 0 Å². The van der Waals surface area contributed by atoms with Crippen LogP contribution in [0.1, 0.15) is 0 Å². The average Bonchev–Trinajstić information content (AvgIpc) is 2.18. The van der Waals surface area contributed by atoms with Crippen molar-refractivity contribution >= 4 is 5.69 Å². The largest absolute Gasteiger partial charge is 0.428 e. The van der Waals surface area contributed by atoms with Gasteiger partial charge in [-0.15, -0.1) is 0 Å². The van der Waals surface area contributed by atoms with Crippen molar-refractivity contribution in [3.8, 4) is 5.75 Å². The van der Waals surface area contributed by atoms with E-state index in [-0.39, 0.29) is 11.4 Å². The molecule has 80 valence electrons. The van der Waals surface area contributed by atoms with E-state index >= 15 is 0 Å². The highest BCUT2D eigenvalue weighted by molar-refractivity contribution is 5.36. The zero-order valence-corrected chi connectivity index (χ0v) is 7.12. The van der Waals surface area contributed by atoms with E-state index in [0.29, 0.717) is 0 Å². The van der Waals surface area contributed by atoms with Crippen LogP contribution in [0.2, 0.25) is 0 Å². The first-order chi connectivity index (χ1) is 7.00. The van der Waals surface area contributed by atoms with Crippen molar-refractivity contribution in [2.24, 2.45) is 0 Å². The molecule has 0 amide bonds. The van der Waals surface area contributed by atoms with Crippen molar-refractivity contribution in [1.82, 2.24) is 0 Å². The predicted molar refractivity (Wildman–Crippen MR) is 44.1 cm³/mol. The topological polar surface area (TPSA) is 52.4 Å². The highest BCUT2D eigenvalue weighted by Crippen LogP contribution is 2.21. The summed E-state index contributed by atoms with van der Waals surface area (Å²) in [5, 5.41) is 10.2. The summed E-state index contributed by atoms with van der Waals surface area (Å²) >= 11 is 0. The second-order valence-electron chi connectivity index (χ2n) is 2.39. The zero-order chi connectivity index (χ0) is 11.4. The molecule has 0 bridgehead atoms. The van der Waals surface area contributed by atoms with Gasteiger partial charge in [-0.1, -0.05) is 0 Å². The quantitative estimate of drug-likeness (QED) is 0.446. The molecule has 0 heterocycles. The molecule has 0 unspecified atom stereocenters. The van der Waals surface area contributed by atoms with E-state index < -0.39 is 17.0 Å². The third-order valence-corrected chi connectivity index (χ3v) is 1.40. The number of halogens is 3. The van der Waals surface area contributed by atoms with Crippen LogP contribution >= 0.6 is 0 Å². The molecule has 0 aliphatic rings. The standard InChI is InChI=1S/C8H4F3NO3/c9-7(10)8(11)15-6-3-1-5(2-4-6)12(13)14/h1-4H. The number of hydrogen-bond donors (Lipinski definition) is 0.